The first-order chi connectivity index (χ1) is 9.88. The van der Waals surface area contributed by atoms with Crippen LogP contribution in [0.15, 0.2) is 12.1 Å². The van der Waals surface area contributed by atoms with E-state index in [2.05, 4.69) is 5.32 Å². The number of halogens is 2. The van der Waals surface area contributed by atoms with Gasteiger partial charge in [-0.25, -0.2) is 13.6 Å². The smallest absolute Gasteiger partial charge is 0.338 e. The van der Waals surface area contributed by atoms with Gasteiger partial charge in [-0.05, 0) is 25.3 Å². The summed E-state index contributed by atoms with van der Waals surface area (Å²) in [5, 5.41) is 11.1. The molecule has 1 aliphatic rings. The van der Waals surface area contributed by atoms with Gasteiger partial charge in [-0.3, -0.25) is 4.79 Å². The summed E-state index contributed by atoms with van der Waals surface area (Å²) < 4.78 is 26.9. The number of hydrogen-bond acceptors (Lipinski definition) is 3. The Kier molecular flexibility index (Phi) is 4.52. The van der Waals surface area contributed by atoms with Crippen LogP contribution in [0.25, 0.3) is 0 Å². The Hall–Kier alpha value is -2.02. The molecule has 1 aliphatic carbocycles. The van der Waals surface area contributed by atoms with Gasteiger partial charge in [0.25, 0.3) is 0 Å². The zero-order valence-corrected chi connectivity index (χ0v) is 11.2. The molecule has 1 amide bonds. The molecule has 1 aromatic carbocycles. The summed E-state index contributed by atoms with van der Waals surface area (Å²) in [5.41, 5.74) is 4.77. The molecule has 2 atom stereocenters. The van der Waals surface area contributed by atoms with Crippen molar-refractivity contribution in [2.75, 3.05) is 5.32 Å². The van der Waals surface area contributed by atoms with Crippen molar-refractivity contribution in [1.82, 2.24) is 0 Å². The number of carbonyl (C=O) groups excluding carboxylic acids is 1. The molecule has 1 fully saturated rings. The highest BCUT2D eigenvalue weighted by molar-refractivity contribution is 5.95. The van der Waals surface area contributed by atoms with Gasteiger partial charge in [0, 0.05) is 18.0 Å². The van der Waals surface area contributed by atoms with E-state index in [1.54, 1.807) is 0 Å². The van der Waals surface area contributed by atoms with Crippen molar-refractivity contribution in [2.45, 2.75) is 31.7 Å². The number of benzene rings is 1. The van der Waals surface area contributed by atoms with Crippen LogP contribution in [0.4, 0.5) is 14.5 Å². The maximum atomic E-state index is 13.6. The largest absolute Gasteiger partial charge is 0.478 e. The number of carboxylic acids is 1. The van der Waals surface area contributed by atoms with E-state index in [0.717, 1.165) is 18.9 Å². The highest BCUT2D eigenvalue weighted by Crippen LogP contribution is 2.26. The van der Waals surface area contributed by atoms with Crippen LogP contribution in [0.2, 0.25) is 0 Å². The fraction of sp³-hybridized carbons (Fsp3) is 0.429. The minimum absolute atomic E-state index is 0.0675. The zero-order valence-electron chi connectivity index (χ0n) is 11.2. The average Bonchev–Trinajstić information content (AvgIpc) is 2.41. The van der Waals surface area contributed by atoms with E-state index >= 15 is 0 Å². The van der Waals surface area contributed by atoms with Crippen LogP contribution in [-0.4, -0.2) is 23.0 Å². The number of rotatable bonds is 3. The summed E-state index contributed by atoms with van der Waals surface area (Å²) in [6.07, 6.45) is 2.80. The Balaban J connectivity index is 2.17. The van der Waals surface area contributed by atoms with Crippen molar-refractivity contribution in [3.8, 4) is 0 Å². The molecule has 2 unspecified atom stereocenters. The normalized spacial score (nSPS) is 21.9. The van der Waals surface area contributed by atoms with Crippen molar-refractivity contribution < 1.29 is 23.5 Å². The summed E-state index contributed by atoms with van der Waals surface area (Å²) in [5.74, 6) is -4.48. The number of anilines is 1. The fourth-order valence-electron chi connectivity index (χ4n) is 2.51. The minimum atomic E-state index is -1.53. The van der Waals surface area contributed by atoms with Gasteiger partial charge in [0.1, 0.15) is 11.6 Å². The molecule has 0 saturated heterocycles. The predicted molar refractivity (Wildman–Crippen MR) is 71.9 cm³/mol. The minimum Gasteiger partial charge on any atom is -0.478 e. The summed E-state index contributed by atoms with van der Waals surface area (Å²) in [4.78, 5) is 22.9. The number of aromatic carboxylic acids is 1. The third-order valence-corrected chi connectivity index (χ3v) is 3.63. The molecule has 0 spiro atoms. The van der Waals surface area contributed by atoms with E-state index < -0.39 is 29.1 Å². The van der Waals surface area contributed by atoms with Crippen LogP contribution < -0.4 is 11.1 Å². The highest BCUT2D eigenvalue weighted by atomic mass is 19.1. The van der Waals surface area contributed by atoms with Crippen molar-refractivity contribution in [1.29, 1.82) is 0 Å². The molecule has 4 N–H and O–H groups in total. The quantitative estimate of drug-likeness (QED) is 0.797. The van der Waals surface area contributed by atoms with Gasteiger partial charge in [-0.1, -0.05) is 6.42 Å². The number of nitrogens with two attached hydrogens (primary N) is 1. The van der Waals surface area contributed by atoms with Gasteiger partial charge in [-0.15, -0.1) is 0 Å². The van der Waals surface area contributed by atoms with E-state index in [0.29, 0.717) is 18.9 Å². The first-order valence-electron chi connectivity index (χ1n) is 6.67. The predicted octanol–water partition coefficient (Wildman–Crippen LogP) is 2.12. The lowest BCUT2D eigenvalue weighted by Gasteiger charge is -2.25. The van der Waals surface area contributed by atoms with Crippen LogP contribution in [0, 0.1) is 17.6 Å². The molecule has 0 bridgehead atoms. The Morgan fingerprint density at radius 1 is 1.24 bits per heavy atom. The average molecular weight is 298 g/mol. The summed E-state index contributed by atoms with van der Waals surface area (Å²) in [7, 11) is 0. The van der Waals surface area contributed by atoms with Crippen molar-refractivity contribution >= 4 is 17.6 Å². The third kappa shape index (κ3) is 3.55. The first kappa shape index (κ1) is 15.4. The molecule has 1 aromatic rings. The number of carbonyl (C=O) groups is 2. The van der Waals surface area contributed by atoms with Crippen LogP contribution in [0.3, 0.4) is 0 Å². The molecule has 114 valence electrons. The number of amides is 1. The summed E-state index contributed by atoms with van der Waals surface area (Å²) in [6.45, 7) is 0. The lowest BCUT2D eigenvalue weighted by molar-refractivity contribution is -0.120. The van der Waals surface area contributed by atoms with E-state index in [1.807, 2.05) is 0 Å². The first-order valence-corrected chi connectivity index (χ1v) is 6.67. The molecule has 1 saturated carbocycles. The van der Waals surface area contributed by atoms with Gasteiger partial charge in [0.2, 0.25) is 5.91 Å². The van der Waals surface area contributed by atoms with Crippen molar-refractivity contribution in [2.24, 2.45) is 11.7 Å². The molecule has 7 heteroatoms. The fourth-order valence-corrected chi connectivity index (χ4v) is 2.51. The van der Waals surface area contributed by atoms with Crippen LogP contribution >= 0.6 is 0 Å². The van der Waals surface area contributed by atoms with Crippen LogP contribution in [0.5, 0.6) is 0 Å². The molecule has 0 aromatic heterocycles. The molecule has 0 radical (unpaired) electrons. The van der Waals surface area contributed by atoms with Gasteiger partial charge in [0.15, 0.2) is 0 Å². The van der Waals surface area contributed by atoms with Gasteiger partial charge in [-0.2, -0.15) is 0 Å². The Morgan fingerprint density at radius 2 is 1.95 bits per heavy atom. The molecule has 5 nitrogen and oxygen atoms in total. The molecule has 21 heavy (non-hydrogen) atoms. The molecule has 0 heterocycles. The second kappa shape index (κ2) is 6.17. The molecule has 2 rings (SSSR count). The molecule has 0 aliphatic heterocycles. The van der Waals surface area contributed by atoms with E-state index in [-0.39, 0.29) is 17.6 Å². The topological polar surface area (TPSA) is 92.4 Å². The van der Waals surface area contributed by atoms with Gasteiger partial charge in [0.05, 0.1) is 11.3 Å². The number of nitrogens with one attached hydrogen (secondary N) is 1. The lowest BCUT2D eigenvalue weighted by atomic mass is 9.85. The molecular weight excluding hydrogens is 282 g/mol. The summed E-state index contributed by atoms with van der Waals surface area (Å²) in [6, 6.07) is 1.17. The maximum Gasteiger partial charge on any atom is 0.338 e. The summed E-state index contributed by atoms with van der Waals surface area (Å²) >= 11 is 0. The van der Waals surface area contributed by atoms with E-state index in [9.17, 15) is 18.4 Å². The van der Waals surface area contributed by atoms with Gasteiger partial charge >= 0.3 is 5.97 Å². The monoisotopic (exact) mass is 298 g/mol. The van der Waals surface area contributed by atoms with Gasteiger partial charge < -0.3 is 16.2 Å². The Bertz CT molecular complexity index is 578. The maximum absolute atomic E-state index is 13.6. The second-order valence-corrected chi connectivity index (χ2v) is 5.23. The van der Waals surface area contributed by atoms with Crippen LogP contribution in [-0.2, 0) is 4.79 Å². The standard InChI is InChI=1S/C14H16F2N2O3/c15-10-6-11(16)12(5-9(10)14(20)21)18-13(19)7-2-1-3-8(17)4-7/h5-8H,1-4,17H2,(H,18,19)(H,20,21). The highest BCUT2D eigenvalue weighted by Gasteiger charge is 2.26. The van der Waals surface area contributed by atoms with Crippen molar-refractivity contribution in [3.05, 3.63) is 29.3 Å². The Labute approximate surface area is 120 Å². The number of hydrogen-bond donors (Lipinski definition) is 3. The second-order valence-electron chi connectivity index (χ2n) is 5.23. The van der Waals surface area contributed by atoms with Crippen molar-refractivity contribution in [3.63, 3.8) is 0 Å². The van der Waals surface area contributed by atoms with E-state index in [4.69, 9.17) is 10.8 Å². The lowest BCUT2D eigenvalue weighted by Crippen LogP contribution is -2.34. The van der Waals surface area contributed by atoms with Crippen LogP contribution in [0.1, 0.15) is 36.0 Å². The zero-order chi connectivity index (χ0) is 15.6. The van der Waals surface area contributed by atoms with E-state index in [1.165, 1.54) is 0 Å². The third-order valence-electron chi connectivity index (χ3n) is 3.63. The Morgan fingerprint density at radius 3 is 2.57 bits per heavy atom. The molecular formula is C14H16F2N2O3. The number of carboxylic acid groups (broad SMARTS) is 1. The SMILES string of the molecule is NC1CCCC(C(=O)Nc2cc(C(=O)O)c(F)cc2F)C1.